The van der Waals surface area contributed by atoms with Crippen molar-refractivity contribution in [1.82, 2.24) is 5.32 Å². The number of benzene rings is 1. The predicted molar refractivity (Wildman–Crippen MR) is 64.3 cm³/mol. The van der Waals surface area contributed by atoms with E-state index in [2.05, 4.69) is 29.6 Å². The van der Waals surface area contributed by atoms with Crippen molar-refractivity contribution in [3.8, 4) is 0 Å². The third kappa shape index (κ3) is 2.45. The number of hydrogen-bond acceptors (Lipinski definition) is 2. The first-order valence-corrected chi connectivity index (χ1v) is 6.30. The first-order valence-electron chi connectivity index (χ1n) is 6.30. The highest BCUT2D eigenvalue weighted by Crippen LogP contribution is 2.28. The van der Waals surface area contributed by atoms with Gasteiger partial charge in [0.05, 0.1) is 6.61 Å². The van der Waals surface area contributed by atoms with Gasteiger partial charge in [0.25, 0.3) is 0 Å². The van der Waals surface area contributed by atoms with Gasteiger partial charge in [0, 0.05) is 19.2 Å². The van der Waals surface area contributed by atoms with E-state index in [4.69, 9.17) is 4.74 Å². The highest BCUT2D eigenvalue weighted by Gasteiger charge is 2.22. The summed E-state index contributed by atoms with van der Waals surface area (Å²) < 4.78 is 5.75. The summed E-state index contributed by atoms with van der Waals surface area (Å²) >= 11 is 0. The summed E-state index contributed by atoms with van der Waals surface area (Å²) in [6, 6.07) is 9.21. The van der Waals surface area contributed by atoms with Crippen LogP contribution in [0.15, 0.2) is 24.3 Å². The molecular formula is C14H19NO. The normalized spacial score (nSPS) is 24.1. The minimum absolute atomic E-state index is 0.508. The Balaban J connectivity index is 1.51. The van der Waals surface area contributed by atoms with Crippen LogP contribution in [-0.4, -0.2) is 19.3 Å². The summed E-state index contributed by atoms with van der Waals surface area (Å²) in [5.74, 6) is 0.871. The van der Waals surface area contributed by atoms with Gasteiger partial charge in [-0.15, -0.1) is 0 Å². The second-order valence-corrected chi connectivity index (χ2v) is 5.03. The molecule has 0 aromatic heterocycles. The molecule has 0 bridgehead atoms. The molecule has 86 valence electrons. The molecule has 1 heterocycles. The lowest BCUT2D eigenvalue weighted by atomic mass is 9.96. The van der Waals surface area contributed by atoms with Crippen LogP contribution in [0.25, 0.3) is 0 Å². The average Bonchev–Trinajstić information content (AvgIpc) is 3.13. The molecule has 1 saturated carbocycles. The molecule has 3 rings (SSSR count). The predicted octanol–water partition coefficient (Wildman–Crippen LogP) is 2.13. The molecule has 2 heteroatoms. The van der Waals surface area contributed by atoms with Crippen molar-refractivity contribution in [2.24, 2.45) is 5.92 Å². The smallest absolute Gasteiger partial charge is 0.0623 e. The fourth-order valence-electron chi connectivity index (χ4n) is 2.30. The van der Waals surface area contributed by atoms with Crippen LogP contribution >= 0.6 is 0 Å². The molecule has 16 heavy (non-hydrogen) atoms. The maximum atomic E-state index is 5.75. The second kappa shape index (κ2) is 4.56. The standard InChI is InChI=1S/C14H19NO/c1-2-4-13-8-15-14(7-12(13)3-1)10-16-9-11-5-6-11/h1-4,11,14-15H,5-10H2/t14-/m0/s1. The minimum Gasteiger partial charge on any atom is -0.380 e. The van der Waals surface area contributed by atoms with Crippen LogP contribution in [0, 0.1) is 5.92 Å². The molecule has 0 amide bonds. The fourth-order valence-corrected chi connectivity index (χ4v) is 2.30. The van der Waals surface area contributed by atoms with E-state index in [1.807, 2.05) is 0 Å². The van der Waals surface area contributed by atoms with Crippen LogP contribution in [0.4, 0.5) is 0 Å². The van der Waals surface area contributed by atoms with Crippen molar-refractivity contribution in [2.45, 2.75) is 31.8 Å². The Kier molecular flexibility index (Phi) is 2.94. The second-order valence-electron chi connectivity index (χ2n) is 5.03. The van der Waals surface area contributed by atoms with Gasteiger partial charge in [-0.2, -0.15) is 0 Å². The third-order valence-electron chi connectivity index (χ3n) is 3.54. The van der Waals surface area contributed by atoms with Crippen LogP contribution in [-0.2, 0) is 17.7 Å². The maximum absolute atomic E-state index is 5.75. The number of hydrogen-bond donors (Lipinski definition) is 1. The molecule has 0 saturated heterocycles. The van der Waals surface area contributed by atoms with Gasteiger partial charge in [0.2, 0.25) is 0 Å². The molecule has 1 aliphatic heterocycles. The zero-order valence-electron chi connectivity index (χ0n) is 9.61. The van der Waals surface area contributed by atoms with Gasteiger partial charge in [-0.25, -0.2) is 0 Å². The average molecular weight is 217 g/mol. The summed E-state index contributed by atoms with van der Waals surface area (Å²) in [7, 11) is 0. The zero-order valence-corrected chi connectivity index (χ0v) is 9.61. The maximum Gasteiger partial charge on any atom is 0.0623 e. The van der Waals surface area contributed by atoms with Crippen molar-refractivity contribution >= 4 is 0 Å². The topological polar surface area (TPSA) is 21.3 Å². The van der Waals surface area contributed by atoms with E-state index in [9.17, 15) is 0 Å². The highest BCUT2D eigenvalue weighted by atomic mass is 16.5. The van der Waals surface area contributed by atoms with E-state index in [1.54, 1.807) is 0 Å². The Morgan fingerprint density at radius 3 is 2.75 bits per heavy atom. The molecule has 0 spiro atoms. The Morgan fingerprint density at radius 1 is 1.12 bits per heavy atom. The van der Waals surface area contributed by atoms with Crippen LogP contribution < -0.4 is 5.32 Å². The van der Waals surface area contributed by atoms with E-state index in [-0.39, 0.29) is 0 Å². The van der Waals surface area contributed by atoms with Crippen molar-refractivity contribution in [1.29, 1.82) is 0 Å². The van der Waals surface area contributed by atoms with E-state index < -0.39 is 0 Å². The van der Waals surface area contributed by atoms with Gasteiger partial charge in [0.1, 0.15) is 0 Å². The van der Waals surface area contributed by atoms with Crippen molar-refractivity contribution in [2.75, 3.05) is 13.2 Å². The molecule has 2 nitrogen and oxygen atoms in total. The summed E-state index contributed by atoms with van der Waals surface area (Å²) in [6.07, 6.45) is 3.86. The Labute approximate surface area is 97.0 Å². The summed E-state index contributed by atoms with van der Waals surface area (Å²) in [6.45, 7) is 2.83. The molecule has 2 aliphatic rings. The van der Waals surface area contributed by atoms with Gasteiger partial charge in [-0.05, 0) is 36.3 Å². The third-order valence-corrected chi connectivity index (χ3v) is 3.54. The molecule has 1 atom stereocenters. The highest BCUT2D eigenvalue weighted by molar-refractivity contribution is 5.29. The zero-order chi connectivity index (χ0) is 10.8. The number of ether oxygens (including phenoxy) is 1. The first kappa shape index (κ1) is 10.3. The van der Waals surface area contributed by atoms with E-state index >= 15 is 0 Å². The van der Waals surface area contributed by atoms with Crippen molar-refractivity contribution in [3.05, 3.63) is 35.4 Å². The quantitative estimate of drug-likeness (QED) is 0.834. The summed E-state index contributed by atoms with van der Waals surface area (Å²) in [4.78, 5) is 0. The lowest BCUT2D eigenvalue weighted by Crippen LogP contribution is -2.39. The fraction of sp³-hybridized carbons (Fsp3) is 0.571. The number of nitrogens with one attached hydrogen (secondary N) is 1. The van der Waals surface area contributed by atoms with Gasteiger partial charge >= 0.3 is 0 Å². The van der Waals surface area contributed by atoms with Crippen molar-refractivity contribution in [3.63, 3.8) is 0 Å². The van der Waals surface area contributed by atoms with Crippen LogP contribution in [0.1, 0.15) is 24.0 Å². The molecule has 0 unspecified atom stereocenters. The Hall–Kier alpha value is -0.860. The molecule has 1 aromatic carbocycles. The van der Waals surface area contributed by atoms with Crippen molar-refractivity contribution < 1.29 is 4.74 Å². The minimum atomic E-state index is 0.508. The summed E-state index contributed by atoms with van der Waals surface area (Å²) in [5, 5.41) is 3.54. The van der Waals surface area contributed by atoms with Gasteiger partial charge in [0.15, 0.2) is 0 Å². The van der Waals surface area contributed by atoms with Gasteiger partial charge in [-0.3, -0.25) is 0 Å². The Bertz CT molecular complexity index is 360. The molecule has 1 N–H and O–H groups in total. The molecule has 1 aromatic rings. The van der Waals surface area contributed by atoms with E-state index in [0.717, 1.165) is 32.1 Å². The van der Waals surface area contributed by atoms with Gasteiger partial charge < -0.3 is 10.1 Å². The SMILES string of the molecule is c1ccc2c(c1)CN[C@H](COCC1CC1)C2. The summed E-state index contributed by atoms with van der Waals surface area (Å²) in [5.41, 5.74) is 2.93. The molecule has 0 radical (unpaired) electrons. The molecule has 1 aliphatic carbocycles. The monoisotopic (exact) mass is 217 g/mol. The van der Waals surface area contributed by atoms with Gasteiger partial charge in [-0.1, -0.05) is 24.3 Å². The van der Waals surface area contributed by atoms with E-state index in [0.29, 0.717) is 6.04 Å². The Morgan fingerprint density at radius 2 is 1.94 bits per heavy atom. The largest absolute Gasteiger partial charge is 0.380 e. The van der Waals surface area contributed by atoms with Crippen LogP contribution in [0.5, 0.6) is 0 Å². The lowest BCUT2D eigenvalue weighted by Gasteiger charge is -2.25. The molecule has 1 fully saturated rings. The van der Waals surface area contributed by atoms with Crippen LogP contribution in [0.3, 0.4) is 0 Å². The lowest BCUT2D eigenvalue weighted by molar-refractivity contribution is 0.100. The first-order chi connectivity index (χ1) is 7.92. The number of fused-ring (bicyclic) bond motifs is 1. The molecular weight excluding hydrogens is 198 g/mol. The van der Waals surface area contributed by atoms with E-state index in [1.165, 1.54) is 24.0 Å². The van der Waals surface area contributed by atoms with Crippen LogP contribution in [0.2, 0.25) is 0 Å². The number of rotatable bonds is 4.